The van der Waals surface area contributed by atoms with Gasteiger partial charge < -0.3 is 4.74 Å². The molecule has 1 rings (SSSR count). The summed E-state index contributed by atoms with van der Waals surface area (Å²) in [6, 6.07) is 6.47. The quantitative estimate of drug-likeness (QED) is 0.499. The summed E-state index contributed by atoms with van der Waals surface area (Å²) in [5.74, 6) is 0.199. The summed E-state index contributed by atoms with van der Waals surface area (Å²) < 4.78 is 39.9. The molecule has 0 amide bonds. The third kappa shape index (κ3) is 3.68. The van der Waals surface area contributed by atoms with Crippen LogP contribution in [0.15, 0.2) is 24.3 Å². The van der Waals surface area contributed by atoms with Crippen molar-refractivity contribution in [2.24, 2.45) is 0 Å². The third-order valence-corrected chi connectivity index (χ3v) is 4.20. The molecule has 16 heavy (non-hydrogen) atoms. The monoisotopic (exact) mass is 350 g/mol. The van der Waals surface area contributed by atoms with Gasteiger partial charge in [0.25, 0.3) is 0 Å². The van der Waals surface area contributed by atoms with Crippen LogP contribution in [0.3, 0.4) is 0 Å². The zero-order valence-electron chi connectivity index (χ0n) is 7.66. The molecule has 0 unspecified atom stereocenters. The van der Waals surface area contributed by atoms with Gasteiger partial charge in [0.05, 0.1) is 0 Å². The van der Waals surface area contributed by atoms with Crippen molar-refractivity contribution >= 4 is 52.4 Å². The maximum absolute atomic E-state index is 12.4. The van der Waals surface area contributed by atoms with Gasteiger partial charge in [-0.1, -0.05) is 28.1 Å². The Hall–Kier alpha value is 0.340. The first-order valence-electron chi connectivity index (χ1n) is 3.93. The average Bonchev–Trinajstić information content (AvgIpc) is 2.37. The highest BCUT2D eigenvalue weighted by atomic mass is 79.9. The molecule has 0 fully saturated rings. The lowest BCUT2D eigenvalue weighted by atomic mass is 10.2. The van der Waals surface area contributed by atoms with Gasteiger partial charge in [-0.3, -0.25) is 0 Å². The van der Waals surface area contributed by atoms with E-state index in [0.29, 0.717) is 5.33 Å². The molecule has 0 bridgehead atoms. The Morgan fingerprint density at radius 2 is 1.56 bits per heavy atom. The van der Waals surface area contributed by atoms with Crippen molar-refractivity contribution in [3.63, 3.8) is 0 Å². The fourth-order valence-electron chi connectivity index (χ4n) is 0.874. The SMILES string of the molecule is FSC(Oc1ccc(CBr)cc1)(SF)SF. The van der Waals surface area contributed by atoms with Gasteiger partial charge in [-0.25, -0.2) is 0 Å². The standard InChI is InChI=1S/C8H6BrF3OS3/c9-5-6-1-3-7(4-2-6)13-8(14-10,15-11)16-12/h1-4H,5H2. The molecule has 0 aliphatic rings. The molecule has 0 aliphatic heterocycles. The second-order valence-electron chi connectivity index (χ2n) is 2.61. The van der Waals surface area contributed by atoms with Crippen LogP contribution in [0, 0.1) is 0 Å². The summed E-state index contributed by atoms with van der Waals surface area (Å²) >= 11 is 1.65. The molecule has 1 nitrogen and oxygen atoms in total. The van der Waals surface area contributed by atoms with Crippen LogP contribution < -0.4 is 4.74 Å². The second kappa shape index (κ2) is 6.93. The van der Waals surface area contributed by atoms with Crippen molar-refractivity contribution in [2.75, 3.05) is 0 Å². The molecule has 90 valence electrons. The van der Waals surface area contributed by atoms with Crippen LogP contribution in [0.1, 0.15) is 5.56 Å². The van der Waals surface area contributed by atoms with E-state index in [0.717, 1.165) is 5.56 Å². The van der Waals surface area contributed by atoms with Gasteiger partial charge in [0.2, 0.25) is 0 Å². The Morgan fingerprint density at radius 1 is 1.06 bits per heavy atom. The Morgan fingerprint density at radius 3 is 1.94 bits per heavy atom. The molecule has 0 heterocycles. The number of alkyl halides is 1. The smallest absolute Gasteiger partial charge is 0.338 e. The molecule has 8 heteroatoms. The van der Waals surface area contributed by atoms with Crippen LogP contribution in [0.5, 0.6) is 5.75 Å². The summed E-state index contributed by atoms with van der Waals surface area (Å²) in [6.45, 7) is 0. The topological polar surface area (TPSA) is 9.23 Å². The average molecular weight is 351 g/mol. The molecule has 0 aromatic heterocycles. The fraction of sp³-hybridized carbons (Fsp3) is 0.250. The number of rotatable bonds is 6. The highest BCUT2D eigenvalue weighted by molar-refractivity contribution is 9.08. The summed E-state index contributed by atoms with van der Waals surface area (Å²) in [5, 5.41) is 0.659. The van der Waals surface area contributed by atoms with Gasteiger partial charge in [0.1, 0.15) is 42.2 Å². The minimum absolute atomic E-state index is 0.199. The number of halogens is 4. The van der Waals surface area contributed by atoms with Crippen molar-refractivity contribution in [1.82, 2.24) is 0 Å². The lowest BCUT2D eigenvalue weighted by molar-refractivity contribution is 0.328. The highest BCUT2D eigenvalue weighted by Crippen LogP contribution is 2.49. The third-order valence-electron chi connectivity index (χ3n) is 1.60. The Balaban J connectivity index is 2.77. The van der Waals surface area contributed by atoms with Crippen LogP contribution in [-0.2, 0) is 5.33 Å². The lowest BCUT2D eigenvalue weighted by Crippen LogP contribution is -2.20. The second-order valence-corrected chi connectivity index (χ2v) is 6.13. The molecule has 1 aromatic rings. The first kappa shape index (κ1) is 14.4. The molecule has 1 aromatic carbocycles. The van der Waals surface area contributed by atoms with Crippen LogP contribution >= 0.6 is 52.4 Å². The Kier molecular flexibility index (Phi) is 6.23. The molecule has 0 N–H and O–H groups in total. The Bertz CT molecular complexity index is 313. The lowest BCUT2D eigenvalue weighted by Gasteiger charge is -2.20. The maximum atomic E-state index is 12.4. The van der Waals surface area contributed by atoms with Gasteiger partial charge in [-0.15, -0.1) is 0 Å². The van der Waals surface area contributed by atoms with Crippen molar-refractivity contribution < 1.29 is 16.4 Å². The Labute approximate surface area is 113 Å². The van der Waals surface area contributed by atoms with Gasteiger partial charge >= 0.3 is 3.60 Å². The predicted molar refractivity (Wildman–Crippen MR) is 68.5 cm³/mol. The zero-order chi connectivity index (χ0) is 12.0. The van der Waals surface area contributed by atoms with Gasteiger partial charge in [0.15, 0.2) is 0 Å². The summed E-state index contributed by atoms with van der Waals surface area (Å²) in [4.78, 5) is 0. The molecule has 0 spiro atoms. The summed E-state index contributed by atoms with van der Waals surface area (Å²) in [7, 11) is 0. The van der Waals surface area contributed by atoms with E-state index in [9.17, 15) is 11.7 Å². The largest absolute Gasteiger partial charge is 0.451 e. The van der Waals surface area contributed by atoms with E-state index in [1.165, 1.54) is 12.1 Å². The minimum atomic E-state index is -2.24. The number of hydrogen-bond acceptors (Lipinski definition) is 4. The van der Waals surface area contributed by atoms with Crippen molar-refractivity contribution in [1.29, 1.82) is 0 Å². The van der Waals surface area contributed by atoms with E-state index < -0.39 is 40.0 Å². The van der Waals surface area contributed by atoms with Gasteiger partial charge in [-0.05, 0) is 17.7 Å². The fourth-order valence-corrected chi connectivity index (χ4v) is 1.92. The zero-order valence-corrected chi connectivity index (χ0v) is 11.7. The van der Waals surface area contributed by atoms with Crippen molar-refractivity contribution in [3.8, 4) is 5.75 Å². The summed E-state index contributed by atoms with van der Waals surface area (Å²) in [5.41, 5.74) is 0.978. The number of benzene rings is 1. The number of ether oxygens (including phenoxy) is 1. The maximum Gasteiger partial charge on any atom is 0.338 e. The minimum Gasteiger partial charge on any atom is -0.451 e. The molecule has 0 radical (unpaired) electrons. The molecular formula is C8H6BrF3OS3. The first-order chi connectivity index (χ1) is 7.69. The van der Waals surface area contributed by atoms with E-state index in [4.69, 9.17) is 4.74 Å². The van der Waals surface area contributed by atoms with E-state index in [-0.39, 0.29) is 5.75 Å². The number of hydrogen-bond donors (Lipinski definition) is 0. The van der Waals surface area contributed by atoms with Crippen molar-refractivity contribution in [2.45, 2.75) is 8.93 Å². The van der Waals surface area contributed by atoms with Crippen LogP contribution in [0.25, 0.3) is 0 Å². The predicted octanol–water partition coefficient (Wildman–Crippen LogP) is 5.42. The van der Waals surface area contributed by atoms with Crippen LogP contribution in [0.4, 0.5) is 11.7 Å². The molecule has 0 saturated carbocycles. The van der Waals surface area contributed by atoms with E-state index in [1.54, 1.807) is 12.1 Å². The molecule has 0 aliphatic carbocycles. The molecule has 0 atom stereocenters. The van der Waals surface area contributed by atoms with Crippen LogP contribution in [0.2, 0.25) is 0 Å². The highest BCUT2D eigenvalue weighted by Gasteiger charge is 2.39. The van der Waals surface area contributed by atoms with Crippen LogP contribution in [-0.4, -0.2) is 3.60 Å². The van der Waals surface area contributed by atoms with E-state index >= 15 is 0 Å². The van der Waals surface area contributed by atoms with E-state index in [1.807, 2.05) is 0 Å². The normalized spacial score (nSPS) is 11.5. The van der Waals surface area contributed by atoms with Gasteiger partial charge in [0, 0.05) is 5.33 Å². The molecular weight excluding hydrogens is 345 g/mol. The molecule has 0 saturated heterocycles. The van der Waals surface area contributed by atoms with E-state index in [2.05, 4.69) is 15.9 Å². The van der Waals surface area contributed by atoms with Crippen molar-refractivity contribution in [3.05, 3.63) is 29.8 Å². The first-order valence-corrected chi connectivity index (χ1v) is 7.20. The van der Waals surface area contributed by atoms with Gasteiger partial charge in [-0.2, -0.15) is 11.7 Å². The summed E-state index contributed by atoms with van der Waals surface area (Å²) in [6.07, 6.45) is 0.